The number of nitrogens with zero attached hydrogens (tertiary/aromatic N) is 2. The highest BCUT2D eigenvalue weighted by Crippen LogP contribution is 2.45. The average Bonchev–Trinajstić information content (AvgIpc) is 3.34. The van der Waals surface area contributed by atoms with Crippen LogP contribution in [0.2, 0.25) is 0 Å². The van der Waals surface area contributed by atoms with Crippen molar-refractivity contribution in [2.24, 2.45) is 10.4 Å². The van der Waals surface area contributed by atoms with Crippen LogP contribution in [0, 0.1) is 12.3 Å². The van der Waals surface area contributed by atoms with Gasteiger partial charge in [-0.1, -0.05) is 25.0 Å². The van der Waals surface area contributed by atoms with Gasteiger partial charge in [0.05, 0.1) is 0 Å². The Kier molecular flexibility index (Phi) is 6.15. The predicted octanol–water partition coefficient (Wildman–Crippen LogP) is 4.48. The fourth-order valence-electron chi connectivity index (χ4n) is 4.94. The summed E-state index contributed by atoms with van der Waals surface area (Å²) >= 11 is 0. The molecule has 1 aliphatic heterocycles. The Morgan fingerprint density at radius 2 is 2.08 bits per heavy atom. The summed E-state index contributed by atoms with van der Waals surface area (Å²) in [4.78, 5) is 10.4. The molecule has 1 aromatic heterocycles. The van der Waals surface area contributed by atoms with Gasteiger partial charge in [-0.15, -0.1) is 24.0 Å². The van der Waals surface area contributed by atoms with Crippen LogP contribution in [0.15, 0.2) is 29.4 Å². The summed E-state index contributed by atoms with van der Waals surface area (Å²) in [6, 6.07) is 6.46. The van der Waals surface area contributed by atoms with Crippen LogP contribution in [-0.4, -0.2) is 42.5 Å². The third-order valence-corrected chi connectivity index (χ3v) is 6.29. The minimum Gasteiger partial charge on any atom is -0.361 e. The number of guanidine groups is 1. The van der Waals surface area contributed by atoms with E-state index in [1.165, 1.54) is 60.7 Å². The molecule has 4 nitrogen and oxygen atoms in total. The first kappa shape index (κ1) is 19.5. The number of aromatic nitrogens is 1. The van der Waals surface area contributed by atoms with Crippen LogP contribution in [0.3, 0.4) is 0 Å². The highest BCUT2D eigenvalue weighted by Gasteiger charge is 2.40. The number of fused-ring (bicyclic) bond motifs is 1. The molecule has 26 heavy (non-hydrogen) atoms. The van der Waals surface area contributed by atoms with Gasteiger partial charge < -0.3 is 15.2 Å². The molecule has 2 aromatic rings. The summed E-state index contributed by atoms with van der Waals surface area (Å²) in [6.45, 7) is 5.47. The summed E-state index contributed by atoms with van der Waals surface area (Å²) in [6.07, 6.45) is 10.2. The number of likely N-dealkylation sites (tertiary alicyclic amines) is 1. The van der Waals surface area contributed by atoms with Crippen molar-refractivity contribution in [1.82, 2.24) is 15.2 Å². The number of hydrogen-bond donors (Lipinski definition) is 2. The SMILES string of the molecule is CN=C(NCCc1c[nH]c2cccc(C)c12)N1CCC2(CCCC2)C1.I. The molecule has 2 aliphatic rings. The van der Waals surface area contributed by atoms with E-state index in [4.69, 9.17) is 0 Å². The summed E-state index contributed by atoms with van der Waals surface area (Å²) in [7, 11) is 1.91. The predicted molar refractivity (Wildman–Crippen MR) is 121 cm³/mol. The molecule has 1 aromatic carbocycles. The van der Waals surface area contributed by atoms with Gasteiger partial charge in [-0.3, -0.25) is 4.99 Å². The Morgan fingerprint density at radius 1 is 1.27 bits per heavy atom. The molecule has 2 heterocycles. The van der Waals surface area contributed by atoms with E-state index in [1.807, 2.05) is 7.05 Å². The zero-order chi connectivity index (χ0) is 17.3. The molecule has 4 rings (SSSR count). The summed E-state index contributed by atoms with van der Waals surface area (Å²) in [5.41, 5.74) is 4.57. The fourth-order valence-corrected chi connectivity index (χ4v) is 4.94. The molecule has 0 atom stereocenters. The van der Waals surface area contributed by atoms with Gasteiger partial charge >= 0.3 is 0 Å². The van der Waals surface area contributed by atoms with Crippen LogP contribution in [0.5, 0.6) is 0 Å². The van der Waals surface area contributed by atoms with E-state index in [9.17, 15) is 0 Å². The first-order valence-electron chi connectivity index (χ1n) is 9.72. The second-order valence-electron chi connectivity index (χ2n) is 7.91. The Bertz CT molecular complexity index is 773. The standard InChI is InChI=1S/C21H30N4.HI/c1-16-6-5-7-18-19(16)17(14-24-18)8-12-23-20(22-2)25-13-11-21(15-25)9-3-4-10-21;/h5-7,14,24H,3-4,8-13,15H2,1-2H3,(H,22,23);1H. The van der Waals surface area contributed by atoms with Gasteiger partial charge in [0.15, 0.2) is 5.96 Å². The third kappa shape index (κ3) is 3.73. The number of benzene rings is 1. The van der Waals surface area contributed by atoms with Crippen molar-refractivity contribution in [1.29, 1.82) is 0 Å². The average molecular weight is 466 g/mol. The topological polar surface area (TPSA) is 43.4 Å². The van der Waals surface area contributed by atoms with Gasteiger partial charge in [-0.2, -0.15) is 0 Å². The van der Waals surface area contributed by atoms with E-state index in [0.29, 0.717) is 5.41 Å². The minimum absolute atomic E-state index is 0. The number of hydrogen-bond acceptors (Lipinski definition) is 1. The molecule has 0 bridgehead atoms. The Labute approximate surface area is 173 Å². The Morgan fingerprint density at radius 3 is 2.85 bits per heavy atom. The van der Waals surface area contributed by atoms with E-state index in [2.05, 4.69) is 51.5 Å². The normalized spacial score (nSPS) is 19.3. The molecule has 2 fully saturated rings. The molecule has 2 N–H and O–H groups in total. The molecule has 0 unspecified atom stereocenters. The second kappa shape index (κ2) is 8.19. The van der Waals surface area contributed by atoms with E-state index >= 15 is 0 Å². The lowest BCUT2D eigenvalue weighted by atomic mass is 9.86. The Hall–Kier alpha value is -1.24. The third-order valence-electron chi connectivity index (χ3n) is 6.29. The fraction of sp³-hybridized carbons (Fsp3) is 0.571. The van der Waals surface area contributed by atoms with E-state index in [-0.39, 0.29) is 24.0 Å². The first-order chi connectivity index (χ1) is 12.2. The van der Waals surface area contributed by atoms with Crippen molar-refractivity contribution in [3.8, 4) is 0 Å². The number of aromatic amines is 1. The van der Waals surface area contributed by atoms with Crippen LogP contribution in [0.1, 0.15) is 43.2 Å². The van der Waals surface area contributed by atoms with Gasteiger partial charge in [0.2, 0.25) is 0 Å². The summed E-state index contributed by atoms with van der Waals surface area (Å²) in [5.74, 6) is 1.08. The second-order valence-corrected chi connectivity index (χ2v) is 7.91. The number of aliphatic imine (C=N–C) groups is 1. The number of rotatable bonds is 3. The maximum atomic E-state index is 4.55. The maximum absolute atomic E-state index is 4.55. The molecular formula is C21H31IN4. The number of H-pyrrole nitrogens is 1. The van der Waals surface area contributed by atoms with Gasteiger partial charge in [-0.25, -0.2) is 0 Å². The number of aryl methyl sites for hydroxylation is 1. The molecule has 0 radical (unpaired) electrons. The molecule has 0 amide bonds. The molecule has 1 saturated heterocycles. The van der Waals surface area contributed by atoms with Crippen LogP contribution in [-0.2, 0) is 6.42 Å². The van der Waals surface area contributed by atoms with Crippen molar-refractivity contribution in [2.45, 2.75) is 45.4 Å². The van der Waals surface area contributed by atoms with Crippen LogP contribution in [0.25, 0.3) is 10.9 Å². The van der Waals surface area contributed by atoms with E-state index < -0.39 is 0 Å². The van der Waals surface area contributed by atoms with Crippen molar-refractivity contribution < 1.29 is 0 Å². The van der Waals surface area contributed by atoms with E-state index in [0.717, 1.165) is 25.5 Å². The van der Waals surface area contributed by atoms with Gasteiger partial charge in [0, 0.05) is 43.8 Å². The lowest BCUT2D eigenvalue weighted by Gasteiger charge is -2.25. The number of halogens is 1. The molecule has 1 aliphatic carbocycles. The maximum Gasteiger partial charge on any atom is 0.193 e. The van der Waals surface area contributed by atoms with Crippen molar-refractivity contribution in [3.05, 3.63) is 35.5 Å². The molecular weight excluding hydrogens is 435 g/mol. The smallest absolute Gasteiger partial charge is 0.193 e. The first-order valence-corrected chi connectivity index (χ1v) is 9.72. The molecule has 1 spiro atoms. The van der Waals surface area contributed by atoms with Crippen LogP contribution >= 0.6 is 24.0 Å². The largest absolute Gasteiger partial charge is 0.361 e. The van der Waals surface area contributed by atoms with Gasteiger partial charge in [0.1, 0.15) is 0 Å². The zero-order valence-electron chi connectivity index (χ0n) is 16.0. The highest BCUT2D eigenvalue weighted by atomic mass is 127. The Balaban J connectivity index is 0.00000196. The van der Waals surface area contributed by atoms with Crippen molar-refractivity contribution in [3.63, 3.8) is 0 Å². The van der Waals surface area contributed by atoms with Crippen molar-refractivity contribution in [2.75, 3.05) is 26.7 Å². The molecule has 1 saturated carbocycles. The summed E-state index contributed by atoms with van der Waals surface area (Å²) in [5, 5.41) is 4.98. The van der Waals surface area contributed by atoms with Crippen LogP contribution in [0.4, 0.5) is 0 Å². The number of nitrogens with one attached hydrogen (secondary N) is 2. The lowest BCUT2D eigenvalue weighted by Crippen LogP contribution is -2.41. The quantitative estimate of drug-likeness (QED) is 0.398. The monoisotopic (exact) mass is 466 g/mol. The minimum atomic E-state index is 0. The molecule has 142 valence electrons. The highest BCUT2D eigenvalue weighted by molar-refractivity contribution is 14.0. The van der Waals surface area contributed by atoms with Crippen molar-refractivity contribution >= 4 is 40.8 Å². The van der Waals surface area contributed by atoms with Gasteiger partial charge in [0.25, 0.3) is 0 Å². The zero-order valence-corrected chi connectivity index (χ0v) is 18.3. The lowest BCUT2D eigenvalue weighted by molar-refractivity contribution is 0.309. The van der Waals surface area contributed by atoms with Gasteiger partial charge in [-0.05, 0) is 55.2 Å². The molecule has 5 heteroatoms. The van der Waals surface area contributed by atoms with Crippen LogP contribution < -0.4 is 5.32 Å². The van der Waals surface area contributed by atoms with E-state index in [1.54, 1.807) is 0 Å². The summed E-state index contributed by atoms with van der Waals surface area (Å²) < 4.78 is 0.